The fourth-order valence-electron chi connectivity index (χ4n) is 1.96. The van der Waals surface area contributed by atoms with E-state index in [1.807, 2.05) is 13.8 Å². The Morgan fingerprint density at radius 2 is 1.71 bits per heavy atom. The van der Waals surface area contributed by atoms with Crippen LogP contribution in [0.4, 0.5) is 16.2 Å². The first-order chi connectivity index (χ1) is 11.4. The van der Waals surface area contributed by atoms with E-state index < -0.39 is 11.9 Å². The maximum atomic E-state index is 11.7. The highest BCUT2D eigenvalue weighted by molar-refractivity contribution is 5.96. The van der Waals surface area contributed by atoms with Crippen molar-refractivity contribution in [2.24, 2.45) is 11.8 Å². The largest absolute Gasteiger partial charge is 0.376 e. The first-order valence-corrected chi connectivity index (χ1v) is 8.16. The van der Waals surface area contributed by atoms with Gasteiger partial charge in [0.1, 0.15) is 0 Å². The number of rotatable bonds is 7. The molecule has 0 radical (unpaired) electrons. The first kappa shape index (κ1) is 17.8. The maximum Gasteiger partial charge on any atom is 0.321 e. The molecule has 7 nitrogen and oxygen atoms in total. The van der Waals surface area contributed by atoms with Gasteiger partial charge in [-0.1, -0.05) is 13.8 Å². The molecule has 0 spiro atoms. The molecule has 130 valence electrons. The van der Waals surface area contributed by atoms with Crippen molar-refractivity contribution in [1.82, 2.24) is 10.6 Å². The van der Waals surface area contributed by atoms with Crippen LogP contribution < -0.4 is 21.3 Å². The van der Waals surface area contributed by atoms with Gasteiger partial charge in [-0.05, 0) is 43.0 Å². The summed E-state index contributed by atoms with van der Waals surface area (Å²) in [6.45, 7) is 4.45. The van der Waals surface area contributed by atoms with Gasteiger partial charge in [-0.15, -0.1) is 0 Å². The molecule has 1 aliphatic carbocycles. The summed E-state index contributed by atoms with van der Waals surface area (Å²) >= 11 is 0. The van der Waals surface area contributed by atoms with Crippen LogP contribution in [0.25, 0.3) is 0 Å². The molecule has 0 aliphatic heterocycles. The second-order valence-electron chi connectivity index (χ2n) is 6.35. The summed E-state index contributed by atoms with van der Waals surface area (Å²) in [5, 5.41) is 10.6. The lowest BCUT2D eigenvalue weighted by atomic mass is 10.2. The van der Waals surface area contributed by atoms with E-state index in [0.29, 0.717) is 12.5 Å². The number of amides is 4. The van der Waals surface area contributed by atoms with Gasteiger partial charge in [0.2, 0.25) is 11.8 Å². The number of carbonyl (C=O) groups excluding carboxylic acids is 3. The predicted octanol–water partition coefficient (Wildman–Crippen LogP) is 1.93. The lowest BCUT2D eigenvalue weighted by Crippen LogP contribution is -2.43. The number of benzene rings is 1. The Balaban J connectivity index is 1.70. The molecular formula is C17H24N4O3. The molecule has 4 N–H and O–H groups in total. The summed E-state index contributed by atoms with van der Waals surface area (Å²) in [5.41, 5.74) is 1.46. The number of urea groups is 1. The summed E-state index contributed by atoms with van der Waals surface area (Å²) in [6, 6.07) is 6.60. The van der Waals surface area contributed by atoms with Crippen LogP contribution in [0.3, 0.4) is 0 Å². The van der Waals surface area contributed by atoms with E-state index in [1.165, 1.54) is 0 Å². The van der Waals surface area contributed by atoms with Crippen molar-refractivity contribution < 1.29 is 14.4 Å². The minimum Gasteiger partial charge on any atom is -0.376 e. The monoisotopic (exact) mass is 332 g/mol. The molecule has 0 heterocycles. The summed E-state index contributed by atoms with van der Waals surface area (Å²) in [5.74, 6) is 0.126. The predicted molar refractivity (Wildman–Crippen MR) is 92.7 cm³/mol. The van der Waals surface area contributed by atoms with Gasteiger partial charge in [0.05, 0.1) is 6.54 Å². The summed E-state index contributed by atoms with van der Waals surface area (Å²) in [7, 11) is 0. The van der Waals surface area contributed by atoms with Gasteiger partial charge in [-0.2, -0.15) is 0 Å². The average molecular weight is 332 g/mol. The number of hydrogen-bond acceptors (Lipinski definition) is 4. The molecule has 2 rings (SSSR count). The Labute approximate surface area is 141 Å². The quantitative estimate of drug-likeness (QED) is 0.613. The normalized spacial score (nSPS) is 13.3. The van der Waals surface area contributed by atoms with Crippen molar-refractivity contribution in [3.8, 4) is 0 Å². The zero-order valence-electron chi connectivity index (χ0n) is 14.0. The highest BCUT2D eigenvalue weighted by atomic mass is 16.2. The molecule has 0 aromatic heterocycles. The molecule has 0 unspecified atom stereocenters. The van der Waals surface area contributed by atoms with E-state index >= 15 is 0 Å². The standard InChI is InChI=1S/C17H24N4O3/c1-11(2)9-19-17(24)21-15(22)10-18-13-5-7-14(8-6-13)20-16(23)12-3-4-12/h5-8,11-12,18H,3-4,9-10H2,1-2H3,(H,20,23)(H2,19,21,22,24). The highest BCUT2D eigenvalue weighted by Crippen LogP contribution is 2.30. The molecule has 0 atom stereocenters. The third kappa shape index (κ3) is 6.28. The van der Waals surface area contributed by atoms with Gasteiger partial charge in [-0.3, -0.25) is 14.9 Å². The van der Waals surface area contributed by atoms with Crippen molar-refractivity contribution in [2.75, 3.05) is 23.7 Å². The first-order valence-electron chi connectivity index (χ1n) is 8.16. The van der Waals surface area contributed by atoms with E-state index in [9.17, 15) is 14.4 Å². The zero-order valence-corrected chi connectivity index (χ0v) is 14.0. The van der Waals surface area contributed by atoms with Crippen molar-refractivity contribution >= 4 is 29.2 Å². The number of nitrogens with one attached hydrogen (secondary N) is 4. The topological polar surface area (TPSA) is 99.3 Å². The van der Waals surface area contributed by atoms with Gasteiger partial charge in [0.25, 0.3) is 0 Å². The molecular weight excluding hydrogens is 308 g/mol. The summed E-state index contributed by atoms with van der Waals surface area (Å²) < 4.78 is 0. The molecule has 0 saturated heterocycles. The lowest BCUT2D eigenvalue weighted by molar-refractivity contribution is -0.118. The van der Waals surface area contributed by atoms with Crippen LogP contribution >= 0.6 is 0 Å². The van der Waals surface area contributed by atoms with Gasteiger partial charge in [-0.25, -0.2) is 4.79 Å². The average Bonchev–Trinajstić information content (AvgIpc) is 3.37. The van der Waals surface area contributed by atoms with Crippen molar-refractivity contribution in [2.45, 2.75) is 26.7 Å². The van der Waals surface area contributed by atoms with Crippen molar-refractivity contribution in [3.05, 3.63) is 24.3 Å². The molecule has 1 aliphatic rings. The van der Waals surface area contributed by atoms with Crippen molar-refractivity contribution in [1.29, 1.82) is 0 Å². The van der Waals surface area contributed by atoms with Crippen LogP contribution in [0.15, 0.2) is 24.3 Å². The smallest absolute Gasteiger partial charge is 0.321 e. The van der Waals surface area contributed by atoms with Crippen LogP contribution in [0.1, 0.15) is 26.7 Å². The number of imide groups is 1. The van der Waals surface area contributed by atoms with Gasteiger partial charge >= 0.3 is 6.03 Å². The number of carbonyl (C=O) groups is 3. The molecule has 24 heavy (non-hydrogen) atoms. The minimum atomic E-state index is -0.492. The van der Waals surface area contributed by atoms with E-state index in [2.05, 4.69) is 21.3 Å². The number of anilines is 2. The fourth-order valence-corrected chi connectivity index (χ4v) is 1.96. The van der Waals surface area contributed by atoms with Crippen LogP contribution in [0.2, 0.25) is 0 Å². The van der Waals surface area contributed by atoms with E-state index in [1.54, 1.807) is 24.3 Å². The lowest BCUT2D eigenvalue weighted by Gasteiger charge is -2.10. The molecule has 0 bridgehead atoms. The molecule has 7 heteroatoms. The van der Waals surface area contributed by atoms with E-state index in [0.717, 1.165) is 24.2 Å². The molecule has 1 fully saturated rings. The second kappa shape index (κ2) is 8.33. The van der Waals surface area contributed by atoms with Crippen LogP contribution in [-0.2, 0) is 9.59 Å². The van der Waals surface area contributed by atoms with Gasteiger partial charge in [0.15, 0.2) is 0 Å². The van der Waals surface area contributed by atoms with Crippen molar-refractivity contribution in [3.63, 3.8) is 0 Å². The second-order valence-corrected chi connectivity index (χ2v) is 6.35. The summed E-state index contributed by atoms with van der Waals surface area (Å²) in [6.07, 6.45) is 1.93. The van der Waals surface area contributed by atoms with Crippen LogP contribution in [0, 0.1) is 11.8 Å². The molecule has 4 amide bonds. The Morgan fingerprint density at radius 1 is 1.08 bits per heavy atom. The third-order valence-corrected chi connectivity index (χ3v) is 3.48. The Hall–Kier alpha value is -2.57. The zero-order chi connectivity index (χ0) is 17.5. The van der Waals surface area contributed by atoms with E-state index in [4.69, 9.17) is 0 Å². The van der Waals surface area contributed by atoms with Crippen LogP contribution in [0.5, 0.6) is 0 Å². The maximum absolute atomic E-state index is 11.7. The Kier molecular flexibility index (Phi) is 6.17. The fraction of sp³-hybridized carbons (Fsp3) is 0.471. The number of hydrogen-bond donors (Lipinski definition) is 4. The molecule has 1 saturated carbocycles. The molecule has 1 aromatic rings. The Morgan fingerprint density at radius 3 is 2.29 bits per heavy atom. The van der Waals surface area contributed by atoms with E-state index in [-0.39, 0.29) is 18.4 Å². The Bertz CT molecular complexity index is 594. The third-order valence-electron chi connectivity index (χ3n) is 3.48. The molecule has 1 aromatic carbocycles. The van der Waals surface area contributed by atoms with Crippen LogP contribution in [-0.4, -0.2) is 30.9 Å². The highest BCUT2D eigenvalue weighted by Gasteiger charge is 2.29. The van der Waals surface area contributed by atoms with Gasteiger partial charge < -0.3 is 16.0 Å². The van der Waals surface area contributed by atoms with Gasteiger partial charge in [0, 0.05) is 23.8 Å². The minimum absolute atomic E-state index is 0.0110. The summed E-state index contributed by atoms with van der Waals surface area (Å²) in [4.78, 5) is 34.8. The SMILES string of the molecule is CC(C)CNC(=O)NC(=O)CNc1ccc(NC(=O)C2CC2)cc1.